The standard InChI is InChI=1S/C46H74O2/c1-3-45(47)43-41-39-37-35-33-31-29-27-25-23-21-19-17-15-13-11-9-7-5-6-8-10-12-14-16-18-20-22-24-26-28-30-32-34-36-38-40-42-44-46(48)4-2/h1-2,7,9,12,14,19,21,41-45,47H,5-6,8,10-11,13,15-18,20,22-40H2/b9-7-,14-12-,21-19-,43-41+,44-42+/t45-/m1/s1. The Kier molecular flexibility index (Phi) is 38.5. The van der Waals surface area contributed by atoms with E-state index in [1.807, 2.05) is 12.2 Å². The second-order valence-corrected chi connectivity index (χ2v) is 13.5. The van der Waals surface area contributed by atoms with E-state index in [0.717, 1.165) is 19.3 Å². The third-order valence-electron chi connectivity index (χ3n) is 8.87. The Bertz CT molecular complexity index is 919. The summed E-state index contributed by atoms with van der Waals surface area (Å²) in [6, 6.07) is 0. The lowest BCUT2D eigenvalue weighted by atomic mass is 10.0. The molecule has 0 amide bonds. The van der Waals surface area contributed by atoms with Crippen molar-refractivity contribution in [1.82, 2.24) is 0 Å². The summed E-state index contributed by atoms with van der Waals surface area (Å²) in [5.41, 5.74) is 0. The molecule has 1 atom stereocenters. The highest BCUT2D eigenvalue weighted by Crippen LogP contribution is 2.14. The van der Waals surface area contributed by atoms with Crippen LogP contribution < -0.4 is 0 Å². The van der Waals surface area contributed by atoms with Crippen molar-refractivity contribution < 1.29 is 9.90 Å². The van der Waals surface area contributed by atoms with Crippen LogP contribution in [0.5, 0.6) is 0 Å². The minimum Gasteiger partial charge on any atom is -0.377 e. The largest absolute Gasteiger partial charge is 0.377 e. The van der Waals surface area contributed by atoms with E-state index in [0.29, 0.717) is 0 Å². The number of ketones is 1. The highest BCUT2D eigenvalue weighted by molar-refractivity contribution is 6.03. The molecule has 0 aromatic heterocycles. The fourth-order valence-electron chi connectivity index (χ4n) is 5.80. The molecule has 0 rings (SSSR count). The molecule has 0 aromatic rings. The highest BCUT2D eigenvalue weighted by Gasteiger charge is 1.95. The summed E-state index contributed by atoms with van der Waals surface area (Å²) >= 11 is 0. The van der Waals surface area contributed by atoms with Gasteiger partial charge in [0.1, 0.15) is 6.10 Å². The molecule has 0 unspecified atom stereocenters. The second kappa shape index (κ2) is 40.6. The van der Waals surface area contributed by atoms with Gasteiger partial charge in [-0.05, 0) is 121 Å². The summed E-state index contributed by atoms with van der Waals surface area (Å²) in [7, 11) is 0. The molecule has 0 aliphatic rings. The summed E-state index contributed by atoms with van der Waals surface area (Å²) in [5.74, 6) is 4.19. The van der Waals surface area contributed by atoms with E-state index in [1.54, 1.807) is 6.08 Å². The van der Waals surface area contributed by atoms with Gasteiger partial charge in [-0.15, -0.1) is 12.8 Å². The van der Waals surface area contributed by atoms with E-state index in [4.69, 9.17) is 12.8 Å². The van der Waals surface area contributed by atoms with Gasteiger partial charge in [-0.1, -0.05) is 144 Å². The molecule has 0 aromatic carbocycles. The lowest BCUT2D eigenvalue weighted by Gasteiger charge is -2.02. The predicted molar refractivity (Wildman–Crippen MR) is 213 cm³/mol. The first kappa shape index (κ1) is 45.5. The Morgan fingerprint density at radius 3 is 0.958 bits per heavy atom. The Balaban J connectivity index is 3.26. The molecule has 0 aliphatic carbocycles. The summed E-state index contributed by atoms with van der Waals surface area (Å²) in [6.45, 7) is 0. The number of unbranched alkanes of at least 4 members (excludes halogenated alkanes) is 26. The normalized spacial score (nSPS) is 12.6. The Morgan fingerprint density at radius 2 is 0.667 bits per heavy atom. The third-order valence-corrected chi connectivity index (χ3v) is 8.87. The molecule has 0 saturated heterocycles. The molecule has 0 aliphatic heterocycles. The first-order valence-electron chi connectivity index (χ1n) is 20.1. The van der Waals surface area contributed by atoms with Crippen LogP contribution in [0.1, 0.15) is 193 Å². The van der Waals surface area contributed by atoms with Crippen LogP contribution in [0.3, 0.4) is 0 Å². The number of rotatable bonds is 36. The molecule has 2 nitrogen and oxygen atoms in total. The maximum Gasteiger partial charge on any atom is 0.228 e. The molecule has 0 bridgehead atoms. The maximum absolute atomic E-state index is 11.0. The molecule has 0 heterocycles. The van der Waals surface area contributed by atoms with Crippen LogP contribution >= 0.6 is 0 Å². The molecule has 0 radical (unpaired) electrons. The number of allylic oxidation sites excluding steroid dienone is 9. The maximum atomic E-state index is 11.0. The quantitative estimate of drug-likeness (QED) is 0.0239. The minimum absolute atomic E-state index is 0.222. The molecule has 0 spiro atoms. The molecule has 2 heteroatoms. The van der Waals surface area contributed by atoms with Crippen LogP contribution in [0, 0.1) is 24.7 Å². The van der Waals surface area contributed by atoms with E-state index in [1.165, 1.54) is 179 Å². The van der Waals surface area contributed by atoms with Crippen LogP contribution in [0.15, 0.2) is 60.8 Å². The van der Waals surface area contributed by atoms with Crippen LogP contribution in [-0.2, 0) is 4.79 Å². The molecule has 48 heavy (non-hydrogen) atoms. The monoisotopic (exact) mass is 659 g/mol. The number of carbonyl (C=O) groups excluding carboxylic acids is 1. The smallest absolute Gasteiger partial charge is 0.228 e. The Morgan fingerprint density at radius 1 is 0.417 bits per heavy atom. The first-order valence-corrected chi connectivity index (χ1v) is 20.1. The zero-order valence-electron chi connectivity index (χ0n) is 31.1. The number of aliphatic hydroxyl groups is 1. The number of aliphatic hydroxyl groups excluding tert-OH is 1. The molecule has 0 saturated carbocycles. The van der Waals surface area contributed by atoms with Gasteiger partial charge in [0, 0.05) is 0 Å². The molecule has 270 valence electrons. The van der Waals surface area contributed by atoms with Crippen molar-refractivity contribution in [2.75, 3.05) is 0 Å². The van der Waals surface area contributed by atoms with Gasteiger partial charge in [0.25, 0.3) is 0 Å². The van der Waals surface area contributed by atoms with Gasteiger partial charge in [-0.2, -0.15) is 0 Å². The minimum atomic E-state index is -0.721. The molecule has 1 N–H and O–H groups in total. The van der Waals surface area contributed by atoms with Crippen LogP contribution in [0.25, 0.3) is 0 Å². The summed E-state index contributed by atoms with van der Waals surface area (Å²) in [4.78, 5) is 11.0. The van der Waals surface area contributed by atoms with Crippen molar-refractivity contribution in [3.8, 4) is 24.7 Å². The Labute approximate surface area is 299 Å². The van der Waals surface area contributed by atoms with Gasteiger partial charge in [-0.25, -0.2) is 0 Å². The summed E-state index contributed by atoms with van der Waals surface area (Å²) in [6.07, 6.45) is 69.6. The number of carbonyl (C=O) groups is 1. The second-order valence-electron chi connectivity index (χ2n) is 13.5. The summed E-state index contributed by atoms with van der Waals surface area (Å²) in [5, 5.41) is 9.26. The lowest BCUT2D eigenvalue weighted by Crippen LogP contribution is -1.95. The lowest BCUT2D eigenvalue weighted by molar-refractivity contribution is -0.109. The SMILES string of the molecule is C#CC(=O)/C=C/CCCCCCCCCCCCC/C=C\CCCC/C=C\CCCC/C=C\CCCCCCCCC/C=C/[C@H](O)C#C. The van der Waals surface area contributed by atoms with Gasteiger partial charge in [0.05, 0.1) is 0 Å². The van der Waals surface area contributed by atoms with Crippen molar-refractivity contribution in [3.63, 3.8) is 0 Å². The highest BCUT2D eigenvalue weighted by atomic mass is 16.3. The third kappa shape index (κ3) is 39.6. The average molecular weight is 659 g/mol. The fraction of sp³-hybridized carbons (Fsp3) is 0.674. The number of hydrogen-bond donors (Lipinski definition) is 1. The van der Waals surface area contributed by atoms with Crippen molar-refractivity contribution in [1.29, 1.82) is 0 Å². The van der Waals surface area contributed by atoms with E-state index in [9.17, 15) is 9.90 Å². The van der Waals surface area contributed by atoms with E-state index >= 15 is 0 Å². The van der Waals surface area contributed by atoms with Crippen LogP contribution in [0.2, 0.25) is 0 Å². The fourth-order valence-corrected chi connectivity index (χ4v) is 5.80. The number of terminal acetylenes is 2. The topological polar surface area (TPSA) is 37.3 Å². The van der Waals surface area contributed by atoms with Crippen molar-refractivity contribution in [3.05, 3.63) is 60.8 Å². The van der Waals surface area contributed by atoms with Gasteiger partial charge < -0.3 is 5.11 Å². The van der Waals surface area contributed by atoms with E-state index in [-0.39, 0.29) is 5.78 Å². The van der Waals surface area contributed by atoms with Gasteiger partial charge in [0.2, 0.25) is 5.78 Å². The van der Waals surface area contributed by atoms with Crippen LogP contribution in [-0.4, -0.2) is 17.0 Å². The molecule has 0 fully saturated rings. The molecular formula is C46H74O2. The molecular weight excluding hydrogens is 585 g/mol. The predicted octanol–water partition coefficient (Wildman–Crippen LogP) is 13.7. The van der Waals surface area contributed by atoms with Gasteiger partial charge in [0.15, 0.2) is 0 Å². The van der Waals surface area contributed by atoms with E-state index < -0.39 is 6.10 Å². The Hall–Kier alpha value is -2.55. The van der Waals surface area contributed by atoms with E-state index in [2.05, 4.69) is 48.3 Å². The van der Waals surface area contributed by atoms with Crippen molar-refractivity contribution in [2.45, 2.75) is 199 Å². The van der Waals surface area contributed by atoms with Crippen molar-refractivity contribution >= 4 is 5.78 Å². The van der Waals surface area contributed by atoms with Crippen molar-refractivity contribution in [2.24, 2.45) is 0 Å². The first-order chi connectivity index (χ1) is 23.7. The zero-order chi connectivity index (χ0) is 34.9. The zero-order valence-corrected chi connectivity index (χ0v) is 31.1. The summed E-state index contributed by atoms with van der Waals surface area (Å²) < 4.78 is 0. The van der Waals surface area contributed by atoms with Gasteiger partial charge in [-0.3, -0.25) is 4.79 Å². The van der Waals surface area contributed by atoms with Gasteiger partial charge >= 0.3 is 0 Å². The van der Waals surface area contributed by atoms with Crippen LogP contribution in [0.4, 0.5) is 0 Å². The number of hydrogen-bond acceptors (Lipinski definition) is 2. The average Bonchev–Trinajstić information content (AvgIpc) is 3.10.